The van der Waals surface area contributed by atoms with Crippen molar-refractivity contribution in [2.75, 3.05) is 19.5 Å². The van der Waals surface area contributed by atoms with Crippen molar-refractivity contribution < 1.29 is 24.4 Å². The molecule has 0 unspecified atom stereocenters. The maximum atomic E-state index is 12.7. The fraction of sp³-hybridized carbons (Fsp3) is 0.125. The van der Waals surface area contributed by atoms with E-state index in [0.717, 1.165) is 10.6 Å². The van der Waals surface area contributed by atoms with Crippen LogP contribution in [0.3, 0.4) is 0 Å². The van der Waals surface area contributed by atoms with Gasteiger partial charge < -0.3 is 5.32 Å². The summed E-state index contributed by atoms with van der Waals surface area (Å²) in [5.41, 5.74) is 5.48. The summed E-state index contributed by atoms with van der Waals surface area (Å²) in [6.45, 7) is 1.94. The van der Waals surface area contributed by atoms with E-state index in [-0.39, 0.29) is 11.5 Å². The highest BCUT2D eigenvalue weighted by molar-refractivity contribution is 6.05. The number of amides is 3. The van der Waals surface area contributed by atoms with Gasteiger partial charge in [0, 0.05) is 29.4 Å². The van der Waals surface area contributed by atoms with Gasteiger partial charge >= 0.3 is 0 Å². The van der Waals surface area contributed by atoms with Crippen molar-refractivity contribution in [3.8, 4) is 11.1 Å². The van der Waals surface area contributed by atoms with Crippen molar-refractivity contribution >= 4 is 23.4 Å². The molecular weight excluding hydrogens is 410 g/mol. The molecule has 0 bridgehead atoms. The van der Waals surface area contributed by atoms with E-state index < -0.39 is 11.8 Å². The van der Waals surface area contributed by atoms with Crippen LogP contribution in [-0.4, -0.2) is 42.1 Å². The highest BCUT2D eigenvalue weighted by Crippen LogP contribution is 2.26. The van der Waals surface area contributed by atoms with E-state index in [4.69, 9.17) is 10.0 Å². The Kier molecular flexibility index (Phi) is 6.99. The van der Waals surface area contributed by atoms with Crippen LogP contribution in [0.1, 0.15) is 36.6 Å². The number of hydroxylamine groups is 3. The summed E-state index contributed by atoms with van der Waals surface area (Å²) in [4.78, 5) is 42.0. The third-order valence-corrected chi connectivity index (χ3v) is 4.89. The van der Waals surface area contributed by atoms with Gasteiger partial charge in [-0.3, -0.25) is 24.4 Å². The Morgan fingerprint density at radius 2 is 1.41 bits per heavy atom. The molecule has 32 heavy (non-hydrogen) atoms. The number of nitrogens with zero attached hydrogens (tertiary/aromatic N) is 1. The largest absolute Gasteiger partial charge is 0.322 e. The zero-order valence-electron chi connectivity index (χ0n) is 17.9. The van der Waals surface area contributed by atoms with E-state index in [1.165, 1.54) is 14.2 Å². The van der Waals surface area contributed by atoms with Gasteiger partial charge in [0.05, 0.1) is 7.11 Å². The molecule has 3 aromatic rings. The van der Waals surface area contributed by atoms with Crippen molar-refractivity contribution in [1.29, 1.82) is 0 Å². The summed E-state index contributed by atoms with van der Waals surface area (Å²) < 4.78 is 0. The average molecular weight is 433 g/mol. The van der Waals surface area contributed by atoms with Crippen LogP contribution in [0.15, 0.2) is 66.7 Å². The summed E-state index contributed by atoms with van der Waals surface area (Å²) in [6.07, 6.45) is 0. The molecule has 0 radical (unpaired) electrons. The zero-order chi connectivity index (χ0) is 23.3. The van der Waals surface area contributed by atoms with Gasteiger partial charge in [-0.05, 0) is 60.5 Å². The summed E-state index contributed by atoms with van der Waals surface area (Å²) in [5, 5.41) is 12.7. The molecule has 0 aliphatic carbocycles. The summed E-state index contributed by atoms with van der Waals surface area (Å²) >= 11 is 0. The smallest absolute Gasteiger partial charge is 0.277 e. The van der Waals surface area contributed by atoms with Gasteiger partial charge in [-0.2, -0.15) is 0 Å². The molecule has 0 saturated heterocycles. The van der Waals surface area contributed by atoms with E-state index >= 15 is 0 Å². The summed E-state index contributed by atoms with van der Waals surface area (Å²) in [5.74, 6) is -1.33. The Hall–Kier alpha value is -4.01. The van der Waals surface area contributed by atoms with Crippen LogP contribution in [0, 0.1) is 6.92 Å². The Labute approximate surface area is 185 Å². The molecule has 0 aromatic heterocycles. The van der Waals surface area contributed by atoms with Crippen LogP contribution >= 0.6 is 0 Å². The van der Waals surface area contributed by atoms with E-state index in [1.807, 2.05) is 19.1 Å². The second kappa shape index (κ2) is 9.86. The molecule has 0 atom stereocenters. The molecule has 8 nitrogen and oxygen atoms in total. The second-order valence-corrected chi connectivity index (χ2v) is 7.12. The summed E-state index contributed by atoms with van der Waals surface area (Å²) in [6, 6.07) is 18.6. The third-order valence-electron chi connectivity index (χ3n) is 4.89. The van der Waals surface area contributed by atoms with Crippen LogP contribution in [0.5, 0.6) is 0 Å². The normalized spacial score (nSPS) is 10.4. The minimum Gasteiger partial charge on any atom is -0.322 e. The highest BCUT2D eigenvalue weighted by atomic mass is 16.7. The Balaban J connectivity index is 1.99. The van der Waals surface area contributed by atoms with Crippen molar-refractivity contribution in [1.82, 2.24) is 10.5 Å². The number of hydrogen-bond donors (Lipinski definition) is 3. The number of anilines is 1. The average Bonchev–Trinajstić information content (AvgIpc) is 2.82. The number of rotatable bonds is 6. The molecule has 0 aliphatic rings. The first-order valence-corrected chi connectivity index (χ1v) is 9.72. The van der Waals surface area contributed by atoms with Crippen LogP contribution in [-0.2, 0) is 4.84 Å². The lowest BCUT2D eigenvalue weighted by atomic mass is 10.00. The first kappa shape index (κ1) is 22.7. The minimum atomic E-state index is -0.631. The predicted molar refractivity (Wildman–Crippen MR) is 119 cm³/mol. The number of benzene rings is 3. The maximum absolute atomic E-state index is 12.7. The SMILES string of the molecule is CON(C)C(=O)c1cc(NC(=O)c2ccc(C)cc2)cc(-c2ccc(C(=O)NO)cc2)c1. The lowest BCUT2D eigenvalue weighted by Crippen LogP contribution is -2.25. The van der Waals surface area contributed by atoms with E-state index in [0.29, 0.717) is 27.9 Å². The van der Waals surface area contributed by atoms with E-state index in [1.54, 1.807) is 60.1 Å². The minimum absolute atomic E-state index is 0.274. The van der Waals surface area contributed by atoms with Gasteiger partial charge in [-0.1, -0.05) is 29.8 Å². The molecule has 3 amide bonds. The number of hydrogen-bond acceptors (Lipinski definition) is 5. The Bertz CT molecular complexity index is 1140. The number of nitrogens with one attached hydrogen (secondary N) is 2. The molecule has 0 aliphatic heterocycles. The molecule has 0 fully saturated rings. The predicted octanol–water partition coefficient (Wildman–Crippen LogP) is 3.67. The molecule has 0 spiro atoms. The second-order valence-electron chi connectivity index (χ2n) is 7.12. The first-order chi connectivity index (χ1) is 15.3. The highest BCUT2D eigenvalue weighted by Gasteiger charge is 2.16. The van der Waals surface area contributed by atoms with Crippen molar-refractivity contribution in [2.45, 2.75) is 6.92 Å². The van der Waals surface area contributed by atoms with Crippen LogP contribution < -0.4 is 10.8 Å². The van der Waals surface area contributed by atoms with Crippen LogP contribution in [0.2, 0.25) is 0 Å². The van der Waals surface area contributed by atoms with Gasteiger partial charge in [0.15, 0.2) is 0 Å². The van der Waals surface area contributed by atoms with Gasteiger partial charge in [-0.25, -0.2) is 10.5 Å². The number of carbonyl (C=O) groups excluding carboxylic acids is 3. The van der Waals surface area contributed by atoms with Crippen molar-refractivity contribution in [3.63, 3.8) is 0 Å². The maximum Gasteiger partial charge on any atom is 0.277 e. The molecule has 3 aromatic carbocycles. The van der Waals surface area contributed by atoms with Crippen molar-refractivity contribution in [2.24, 2.45) is 0 Å². The fourth-order valence-electron chi connectivity index (χ4n) is 3.04. The monoisotopic (exact) mass is 433 g/mol. The molecule has 3 N–H and O–H groups in total. The van der Waals surface area contributed by atoms with E-state index in [9.17, 15) is 14.4 Å². The quantitative estimate of drug-likeness (QED) is 0.406. The molecule has 8 heteroatoms. The number of carbonyl (C=O) groups is 3. The Morgan fingerprint density at radius 1 is 0.812 bits per heavy atom. The van der Waals surface area contributed by atoms with Gasteiger partial charge in [-0.15, -0.1) is 0 Å². The standard InChI is InChI=1S/C24H23N3O5/c1-15-4-6-17(7-5-15)22(28)25-21-13-19(12-20(14-21)24(30)27(2)32-3)16-8-10-18(11-9-16)23(29)26-31/h4-14,31H,1-3H3,(H,25,28)(H,26,29). The fourth-order valence-corrected chi connectivity index (χ4v) is 3.04. The molecule has 3 rings (SSSR count). The zero-order valence-corrected chi connectivity index (χ0v) is 17.9. The van der Waals surface area contributed by atoms with Gasteiger partial charge in [0.2, 0.25) is 0 Å². The number of aryl methyl sites for hydroxylation is 1. The summed E-state index contributed by atoms with van der Waals surface area (Å²) in [7, 11) is 2.87. The van der Waals surface area contributed by atoms with Crippen molar-refractivity contribution in [3.05, 3.63) is 89.0 Å². The molecule has 0 saturated carbocycles. The first-order valence-electron chi connectivity index (χ1n) is 9.72. The molecular formula is C24H23N3O5. The van der Waals surface area contributed by atoms with Gasteiger partial charge in [0.1, 0.15) is 0 Å². The lowest BCUT2D eigenvalue weighted by Gasteiger charge is -2.16. The topological polar surface area (TPSA) is 108 Å². The third kappa shape index (κ3) is 5.18. The lowest BCUT2D eigenvalue weighted by molar-refractivity contribution is -0.0756. The molecule has 0 heterocycles. The van der Waals surface area contributed by atoms with Gasteiger partial charge in [0.25, 0.3) is 17.7 Å². The van der Waals surface area contributed by atoms with Crippen LogP contribution in [0.25, 0.3) is 11.1 Å². The molecule has 164 valence electrons. The van der Waals surface area contributed by atoms with Crippen LogP contribution in [0.4, 0.5) is 5.69 Å². The van der Waals surface area contributed by atoms with E-state index in [2.05, 4.69) is 5.32 Å². The Morgan fingerprint density at radius 3 is 2.00 bits per heavy atom.